The summed E-state index contributed by atoms with van der Waals surface area (Å²) in [6.07, 6.45) is 3.23. The van der Waals surface area contributed by atoms with Crippen LogP contribution in [0.1, 0.15) is 19.3 Å². The molecule has 18 heavy (non-hydrogen) atoms. The maximum atomic E-state index is 7.37. The molecule has 5 heteroatoms. The van der Waals surface area contributed by atoms with Crippen molar-refractivity contribution in [1.29, 1.82) is 0 Å². The first kappa shape index (κ1) is 15.9. The van der Waals surface area contributed by atoms with Gasteiger partial charge < -0.3 is 13.7 Å². The highest BCUT2D eigenvalue weighted by Gasteiger charge is 2.42. The molecule has 0 radical (unpaired) electrons. The van der Waals surface area contributed by atoms with Crippen molar-refractivity contribution in [1.82, 2.24) is 0 Å². The van der Waals surface area contributed by atoms with Gasteiger partial charge in [-0.1, -0.05) is 0 Å². The van der Waals surface area contributed by atoms with Gasteiger partial charge in [-0.05, 0) is 52.1 Å². The van der Waals surface area contributed by atoms with Crippen LogP contribution >= 0.6 is 0 Å². The van der Waals surface area contributed by atoms with Crippen molar-refractivity contribution >= 4 is 16.6 Å². The lowest BCUT2D eigenvalue weighted by Gasteiger charge is -2.38. The molecule has 1 aliphatic carbocycles. The minimum atomic E-state index is -1.63. The molecule has 104 valence electrons. The lowest BCUT2D eigenvalue weighted by Crippen LogP contribution is -2.51. The van der Waals surface area contributed by atoms with Gasteiger partial charge in [0, 0.05) is 6.42 Å². The largest absolute Gasteiger partial charge is 0.412 e. The molecule has 0 aliphatic heterocycles. The summed E-state index contributed by atoms with van der Waals surface area (Å²) in [5.74, 6) is 0. The van der Waals surface area contributed by atoms with Crippen LogP contribution in [0, 0.1) is 6.57 Å². The lowest BCUT2D eigenvalue weighted by atomic mass is 9.91. The van der Waals surface area contributed by atoms with Gasteiger partial charge in [0.2, 0.25) is 0 Å². The van der Waals surface area contributed by atoms with E-state index >= 15 is 0 Å². The SMILES string of the molecule is [C-]#[N+][C@@H]1CCC[C@H](O[Si](C)(C)C)[C@H]1O[Si](C)(C)C. The zero-order valence-corrected chi connectivity index (χ0v) is 14.6. The standard InChI is InChI=1S/C13H27NO2Si2/c1-14-11-9-8-10-12(15-17(2,3)4)13(11)16-18(5,6)7/h11-13H,8-10H2,2-7H3/t11-,12+,13+/m1/s1. The number of hydrogen-bond donors (Lipinski definition) is 0. The zero-order chi connectivity index (χ0) is 14.0. The first-order chi connectivity index (χ1) is 8.12. The van der Waals surface area contributed by atoms with Crippen molar-refractivity contribution in [2.75, 3.05) is 0 Å². The molecule has 3 nitrogen and oxygen atoms in total. The van der Waals surface area contributed by atoms with Crippen LogP contribution < -0.4 is 0 Å². The number of hydrogen-bond acceptors (Lipinski definition) is 2. The molecule has 0 aromatic carbocycles. The Hall–Kier alpha value is -0.156. The molecule has 0 bridgehead atoms. The zero-order valence-electron chi connectivity index (χ0n) is 12.6. The van der Waals surface area contributed by atoms with Gasteiger partial charge in [0.1, 0.15) is 6.10 Å². The van der Waals surface area contributed by atoms with Gasteiger partial charge in [-0.25, -0.2) is 6.57 Å². The van der Waals surface area contributed by atoms with Crippen LogP contribution in [0.25, 0.3) is 4.85 Å². The highest BCUT2D eigenvalue weighted by Crippen LogP contribution is 2.30. The van der Waals surface area contributed by atoms with E-state index in [0.717, 1.165) is 19.3 Å². The molecule has 0 N–H and O–H groups in total. The smallest absolute Gasteiger partial charge is 0.250 e. The summed E-state index contributed by atoms with van der Waals surface area (Å²) < 4.78 is 12.5. The molecule has 0 amide bonds. The maximum Gasteiger partial charge on any atom is 0.250 e. The summed E-state index contributed by atoms with van der Waals surface area (Å²) in [5, 5.41) is 0. The summed E-state index contributed by atoms with van der Waals surface area (Å²) in [6, 6.07) is -0.00757. The summed E-state index contributed by atoms with van der Waals surface area (Å²) >= 11 is 0. The van der Waals surface area contributed by atoms with Crippen molar-refractivity contribution < 1.29 is 8.85 Å². The fraction of sp³-hybridized carbons (Fsp3) is 0.923. The van der Waals surface area contributed by atoms with Crippen molar-refractivity contribution in [2.24, 2.45) is 0 Å². The Balaban J connectivity index is 2.81. The lowest BCUT2D eigenvalue weighted by molar-refractivity contribution is 0.00947. The maximum absolute atomic E-state index is 7.37. The van der Waals surface area contributed by atoms with Crippen LogP contribution in [-0.2, 0) is 8.85 Å². The molecule has 0 aromatic rings. The summed E-state index contributed by atoms with van der Waals surface area (Å²) in [4.78, 5) is 3.78. The Labute approximate surface area is 114 Å². The van der Waals surface area contributed by atoms with Gasteiger partial charge in [0.15, 0.2) is 16.6 Å². The second kappa shape index (κ2) is 5.87. The topological polar surface area (TPSA) is 22.8 Å². The molecule has 0 saturated heterocycles. The highest BCUT2D eigenvalue weighted by molar-refractivity contribution is 6.70. The predicted molar refractivity (Wildman–Crippen MR) is 80.7 cm³/mol. The van der Waals surface area contributed by atoms with Gasteiger partial charge in [0.05, 0.1) is 6.10 Å². The van der Waals surface area contributed by atoms with E-state index in [1.165, 1.54) is 0 Å². The van der Waals surface area contributed by atoms with Crippen molar-refractivity contribution in [3.8, 4) is 0 Å². The molecule has 0 unspecified atom stereocenters. The Morgan fingerprint density at radius 3 is 1.94 bits per heavy atom. The second-order valence-corrected chi connectivity index (χ2v) is 16.0. The summed E-state index contributed by atoms with van der Waals surface area (Å²) in [6.45, 7) is 20.6. The average molecular weight is 286 g/mol. The fourth-order valence-corrected chi connectivity index (χ4v) is 4.67. The molecular formula is C13H27NO2Si2. The van der Waals surface area contributed by atoms with Gasteiger partial charge in [-0.3, -0.25) is 0 Å². The third-order valence-electron chi connectivity index (χ3n) is 2.89. The quantitative estimate of drug-likeness (QED) is 0.577. The van der Waals surface area contributed by atoms with Crippen molar-refractivity contribution in [2.45, 2.75) is 76.8 Å². The second-order valence-electron chi connectivity index (χ2n) is 7.09. The predicted octanol–water partition coefficient (Wildman–Crippen LogP) is 3.90. The first-order valence-corrected chi connectivity index (χ1v) is 13.7. The van der Waals surface area contributed by atoms with Crippen LogP contribution in [0.4, 0.5) is 0 Å². The van der Waals surface area contributed by atoms with Gasteiger partial charge in [-0.15, -0.1) is 0 Å². The van der Waals surface area contributed by atoms with E-state index in [2.05, 4.69) is 44.1 Å². The molecule has 1 fully saturated rings. The molecule has 3 atom stereocenters. The van der Waals surface area contributed by atoms with Gasteiger partial charge in [0.25, 0.3) is 6.04 Å². The van der Waals surface area contributed by atoms with E-state index < -0.39 is 16.6 Å². The molecule has 0 heterocycles. The highest BCUT2D eigenvalue weighted by atomic mass is 28.4. The van der Waals surface area contributed by atoms with Gasteiger partial charge in [-0.2, -0.15) is 0 Å². The van der Waals surface area contributed by atoms with E-state index in [-0.39, 0.29) is 18.2 Å². The number of rotatable bonds is 4. The molecule has 1 aliphatic rings. The van der Waals surface area contributed by atoms with Crippen molar-refractivity contribution in [3.05, 3.63) is 11.4 Å². The minimum Gasteiger partial charge on any atom is -0.412 e. The minimum absolute atomic E-state index is 0.00496. The summed E-state index contributed by atoms with van der Waals surface area (Å²) in [5.41, 5.74) is 0. The van der Waals surface area contributed by atoms with E-state index in [1.807, 2.05) is 0 Å². The van der Waals surface area contributed by atoms with Crippen LogP contribution in [0.5, 0.6) is 0 Å². The van der Waals surface area contributed by atoms with E-state index in [0.29, 0.717) is 0 Å². The first-order valence-electron chi connectivity index (χ1n) is 6.84. The molecule has 1 rings (SSSR count). The normalized spacial score (nSPS) is 29.9. The fourth-order valence-electron chi connectivity index (χ4n) is 2.39. The van der Waals surface area contributed by atoms with E-state index in [1.54, 1.807) is 0 Å². The number of nitrogens with zero attached hydrogens (tertiary/aromatic N) is 1. The van der Waals surface area contributed by atoms with Crippen LogP contribution in [0.3, 0.4) is 0 Å². The van der Waals surface area contributed by atoms with Crippen LogP contribution in [0.2, 0.25) is 39.3 Å². The molecular weight excluding hydrogens is 258 g/mol. The Morgan fingerprint density at radius 2 is 1.50 bits per heavy atom. The average Bonchev–Trinajstić information content (AvgIpc) is 2.16. The van der Waals surface area contributed by atoms with Crippen molar-refractivity contribution in [3.63, 3.8) is 0 Å². The third kappa shape index (κ3) is 5.23. The Kier molecular flexibility index (Phi) is 5.18. The van der Waals surface area contributed by atoms with Crippen LogP contribution in [-0.4, -0.2) is 34.9 Å². The van der Waals surface area contributed by atoms with Crippen LogP contribution in [0.15, 0.2) is 0 Å². The van der Waals surface area contributed by atoms with E-state index in [9.17, 15) is 0 Å². The van der Waals surface area contributed by atoms with Gasteiger partial charge >= 0.3 is 0 Å². The third-order valence-corrected chi connectivity index (χ3v) is 4.88. The van der Waals surface area contributed by atoms with E-state index in [4.69, 9.17) is 15.4 Å². The Bertz CT molecular complexity index is 314. The molecule has 1 saturated carbocycles. The summed E-state index contributed by atoms with van der Waals surface area (Å²) in [7, 11) is -3.20. The monoisotopic (exact) mass is 285 g/mol. The molecule has 0 aromatic heterocycles. The Morgan fingerprint density at radius 1 is 0.944 bits per heavy atom. The molecule has 0 spiro atoms.